The second kappa shape index (κ2) is 3.87. The number of hydrogen-bond acceptors (Lipinski definition) is 1. The zero-order valence-electron chi connectivity index (χ0n) is 6.98. The van der Waals surface area contributed by atoms with Crippen molar-refractivity contribution < 1.29 is 5.11 Å². The van der Waals surface area contributed by atoms with Crippen molar-refractivity contribution in [2.75, 3.05) is 0 Å². The van der Waals surface area contributed by atoms with Crippen LogP contribution in [0.5, 0.6) is 0 Å². The molecule has 0 radical (unpaired) electrons. The molecule has 1 atom stereocenters. The number of aliphatic hydroxyl groups is 1. The van der Waals surface area contributed by atoms with E-state index in [0.29, 0.717) is 11.0 Å². The van der Waals surface area contributed by atoms with Gasteiger partial charge in [-0.3, -0.25) is 0 Å². The van der Waals surface area contributed by atoms with E-state index < -0.39 is 0 Å². The van der Waals surface area contributed by atoms with Crippen LogP contribution in [0.25, 0.3) is 0 Å². The standard InChI is InChI=1S/C8H15ClO/c1-5(2)6(3)8(9)7(4)10/h5-6,10H,1-4H3/b8-7-. The van der Waals surface area contributed by atoms with E-state index in [4.69, 9.17) is 16.7 Å². The van der Waals surface area contributed by atoms with Gasteiger partial charge in [-0.15, -0.1) is 0 Å². The molecule has 1 N–H and O–H groups in total. The molecule has 0 aliphatic heterocycles. The quantitative estimate of drug-likeness (QED) is 0.618. The summed E-state index contributed by atoms with van der Waals surface area (Å²) >= 11 is 5.79. The molecule has 0 heterocycles. The molecule has 0 aromatic heterocycles. The Hall–Kier alpha value is -0.170. The molecule has 0 bridgehead atoms. The molecule has 0 saturated carbocycles. The van der Waals surface area contributed by atoms with Gasteiger partial charge in [0.05, 0.1) is 5.03 Å². The summed E-state index contributed by atoms with van der Waals surface area (Å²) in [4.78, 5) is 0. The Labute approximate surface area is 67.7 Å². The molecular weight excluding hydrogens is 148 g/mol. The lowest BCUT2D eigenvalue weighted by Gasteiger charge is -2.14. The molecule has 0 spiro atoms. The molecule has 2 heteroatoms. The van der Waals surface area contributed by atoms with Crippen molar-refractivity contribution in [3.63, 3.8) is 0 Å². The molecule has 0 amide bonds. The zero-order chi connectivity index (χ0) is 8.31. The minimum absolute atomic E-state index is 0.239. The van der Waals surface area contributed by atoms with E-state index in [1.807, 2.05) is 6.92 Å². The van der Waals surface area contributed by atoms with Crippen LogP contribution in [0.2, 0.25) is 0 Å². The second-order valence-electron chi connectivity index (χ2n) is 2.97. The van der Waals surface area contributed by atoms with Crippen LogP contribution in [0, 0.1) is 11.8 Å². The van der Waals surface area contributed by atoms with Crippen molar-refractivity contribution in [1.82, 2.24) is 0 Å². The van der Waals surface area contributed by atoms with E-state index in [2.05, 4.69) is 13.8 Å². The third kappa shape index (κ3) is 2.61. The van der Waals surface area contributed by atoms with Crippen molar-refractivity contribution in [3.8, 4) is 0 Å². The van der Waals surface area contributed by atoms with E-state index in [1.165, 1.54) is 0 Å². The summed E-state index contributed by atoms with van der Waals surface area (Å²) in [6.45, 7) is 7.78. The lowest BCUT2D eigenvalue weighted by atomic mass is 9.97. The summed E-state index contributed by atoms with van der Waals surface area (Å²) in [6.07, 6.45) is 0. The Bertz CT molecular complexity index is 134. The van der Waals surface area contributed by atoms with Gasteiger partial charge in [-0.25, -0.2) is 0 Å². The Morgan fingerprint density at radius 3 is 1.80 bits per heavy atom. The third-order valence-corrected chi connectivity index (χ3v) is 2.36. The van der Waals surface area contributed by atoms with Gasteiger partial charge in [0.15, 0.2) is 0 Å². The van der Waals surface area contributed by atoms with Crippen LogP contribution in [-0.4, -0.2) is 5.11 Å². The van der Waals surface area contributed by atoms with Crippen LogP contribution in [0.1, 0.15) is 27.7 Å². The number of hydrogen-bond donors (Lipinski definition) is 1. The largest absolute Gasteiger partial charge is 0.511 e. The Kier molecular flexibility index (Phi) is 3.80. The molecule has 0 fully saturated rings. The van der Waals surface area contributed by atoms with E-state index in [1.54, 1.807) is 6.92 Å². The first-order valence-corrected chi connectivity index (χ1v) is 3.89. The number of allylic oxidation sites excluding steroid dienone is 2. The topological polar surface area (TPSA) is 20.2 Å². The van der Waals surface area contributed by atoms with Gasteiger partial charge in [-0.05, 0) is 18.8 Å². The van der Waals surface area contributed by atoms with Crippen LogP contribution in [0.15, 0.2) is 10.8 Å². The van der Waals surface area contributed by atoms with Gasteiger partial charge in [-0.1, -0.05) is 32.4 Å². The highest BCUT2D eigenvalue weighted by Crippen LogP contribution is 2.24. The molecular formula is C8H15ClO. The lowest BCUT2D eigenvalue weighted by molar-refractivity contribution is 0.390. The molecule has 60 valence electrons. The molecule has 0 rings (SSSR count). The van der Waals surface area contributed by atoms with Crippen LogP contribution in [0.3, 0.4) is 0 Å². The maximum atomic E-state index is 8.99. The van der Waals surface area contributed by atoms with Crippen molar-refractivity contribution in [3.05, 3.63) is 10.8 Å². The smallest absolute Gasteiger partial charge is 0.104 e. The first-order valence-electron chi connectivity index (χ1n) is 3.52. The van der Waals surface area contributed by atoms with Gasteiger partial charge in [0, 0.05) is 0 Å². The first kappa shape index (κ1) is 9.83. The van der Waals surface area contributed by atoms with Crippen molar-refractivity contribution >= 4 is 11.6 Å². The van der Waals surface area contributed by atoms with E-state index >= 15 is 0 Å². The minimum Gasteiger partial charge on any atom is -0.511 e. The maximum absolute atomic E-state index is 8.99. The molecule has 0 aromatic carbocycles. The van der Waals surface area contributed by atoms with E-state index in [0.717, 1.165) is 0 Å². The van der Waals surface area contributed by atoms with E-state index in [-0.39, 0.29) is 11.7 Å². The predicted molar refractivity (Wildman–Crippen MR) is 45.2 cm³/mol. The summed E-state index contributed by atoms with van der Waals surface area (Å²) in [7, 11) is 0. The number of halogens is 1. The lowest BCUT2D eigenvalue weighted by Crippen LogP contribution is -2.05. The van der Waals surface area contributed by atoms with Crippen molar-refractivity contribution in [1.29, 1.82) is 0 Å². The van der Waals surface area contributed by atoms with Gasteiger partial charge in [-0.2, -0.15) is 0 Å². The summed E-state index contributed by atoms with van der Waals surface area (Å²) in [6, 6.07) is 0. The molecule has 1 nitrogen and oxygen atoms in total. The summed E-state index contributed by atoms with van der Waals surface area (Å²) in [5.41, 5.74) is 0. The minimum atomic E-state index is 0.239. The van der Waals surface area contributed by atoms with Gasteiger partial charge in [0.25, 0.3) is 0 Å². The normalized spacial score (nSPS) is 17.0. The van der Waals surface area contributed by atoms with Crippen LogP contribution in [0.4, 0.5) is 0 Å². The van der Waals surface area contributed by atoms with Gasteiger partial charge in [0.2, 0.25) is 0 Å². The summed E-state index contributed by atoms with van der Waals surface area (Å²) < 4.78 is 0. The fourth-order valence-corrected chi connectivity index (χ4v) is 0.874. The molecule has 0 aliphatic carbocycles. The average molecular weight is 163 g/mol. The SMILES string of the molecule is C/C(O)=C(/Cl)C(C)C(C)C. The highest BCUT2D eigenvalue weighted by atomic mass is 35.5. The van der Waals surface area contributed by atoms with Crippen LogP contribution < -0.4 is 0 Å². The molecule has 10 heavy (non-hydrogen) atoms. The molecule has 1 unspecified atom stereocenters. The predicted octanol–water partition coefficient (Wildman–Crippen LogP) is 3.31. The van der Waals surface area contributed by atoms with E-state index in [9.17, 15) is 0 Å². The Morgan fingerprint density at radius 1 is 1.30 bits per heavy atom. The summed E-state index contributed by atoms with van der Waals surface area (Å²) in [5.74, 6) is 0.976. The second-order valence-corrected chi connectivity index (χ2v) is 3.37. The molecule has 0 aromatic rings. The van der Waals surface area contributed by atoms with Crippen molar-refractivity contribution in [2.24, 2.45) is 11.8 Å². The van der Waals surface area contributed by atoms with Crippen molar-refractivity contribution in [2.45, 2.75) is 27.7 Å². The highest BCUT2D eigenvalue weighted by Gasteiger charge is 2.12. The Balaban J connectivity index is 4.22. The first-order chi connectivity index (χ1) is 4.46. The van der Waals surface area contributed by atoms with Gasteiger partial charge >= 0.3 is 0 Å². The van der Waals surface area contributed by atoms with Gasteiger partial charge in [0.1, 0.15) is 5.76 Å². The summed E-state index contributed by atoms with van der Waals surface area (Å²) in [5, 5.41) is 9.57. The maximum Gasteiger partial charge on any atom is 0.104 e. The van der Waals surface area contributed by atoms with Crippen LogP contribution >= 0.6 is 11.6 Å². The van der Waals surface area contributed by atoms with Gasteiger partial charge < -0.3 is 5.11 Å². The monoisotopic (exact) mass is 162 g/mol. The zero-order valence-corrected chi connectivity index (χ0v) is 7.74. The molecule has 0 saturated heterocycles. The fraction of sp³-hybridized carbons (Fsp3) is 0.750. The Morgan fingerprint density at radius 2 is 1.70 bits per heavy atom. The number of rotatable bonds is 2. The fourth-order valence-electron chi connectivity index (χ4n) is 0.622. The van der Waals surface area contributed by atoms with Crippen LogP contribution in [-0.2, 0) is 0 Å². The highest BCUT2D eigenvalue weighted by molar-refractivity contribution is 6.30. The number of aliphatic hydroxyl groups excluding tert-OH is 1. The molecule has 0 aliphatic rings. The average Bonchev–Trinajstić information content (AvgIpc) is 1.84. The third-order valence-electron chi connectivity index (χ3n) is 1.75.